The monoisotopic (exact) mass is 511 g/mol. The Balaban J connectivity index is 1.32. The van der Waals surface area contributed by atoms with Crippen molar-refractivity contribution in [3.05, 3.63) is 68.5 Å². The van der Waals surface area contributed by atoms with Crippen LogP contribution in [0.1, 0.15) is 33.7 Å². The Morgan fingerprint density at radius 3 is 2.71 bits per heavy atom. The smallest absolute Gasteiger partial charge is 0.413 e. The zero-order valence-corrected chi connectivity index (χ0v) is 20.3. The number of fused-ring (bicyclic) bond motifs is 1. The minimum absolute atomic E-state index is 0.156. The zero-order valence-electron chi connectivity index (χ0n) is 17.9. The molecular weight excluding hydrogens is 494 g/mol. The maximum Gasteiger partial charge on any atom is 0.413 e. The molecule has 34 heavy (non-hydrogen) atoms. The van der Waals surface area contributed by atoms with E-state index in [-0.39, 0.29) is 6.61 Å². The van der Waals surface area contributed by atoms with E-state index in [2.05, 4.69) is 22.3 Å². The Labute approximate surface area is 207 Å². The summed E-state index contributed by atoms with van der Waals surface area (Å²) < 4.78 is 7.75. The molecule has 0 atom stereocenters. The number of amides is 1. The van der Waals surface area contributed by atoms with Crippen LogP contribution in [0.2, 0.25) is 5.02 Å². The first-order valence-electron chi connectivity index (χ1n) is 10.3. The molecule has 1 amide bonds. The lowest BCUT2D eigenvalue weighted by atomic mass is 10.1. The highest BCUT2D eigenvalue weighted by Crippen LogP contribution is 2.56. The maximum absolute atomic E-state index is 12.3. The van der Waals surface area contributed by atoms with E-state index in [0.29, 0.717) is 29.2 Å². The van der Waals surface area contributed by atoms with E-state index in [9.17, 15) is 14.7 Å². The number of anilines is 1. The number of ether oxygens (including phenoxy) is 1. The van der Waals surface area contributed by atoms with E-state index in [4.69, 9.17) is 16.3 Å². The first-order chi connectivity index (χ1) is 16.4. The Morgan fingerprint density at radius 2 is 2.03 bits per heavy atom. The van der Waals surface area contributed by atoms with Gasteiger partial charge in [0.25, 0.3) is 0 Å². The molecule has 5 rings (SSSR count). The van der Waals surface area contributed by atoms with Crippen LogP contribution < -0.4 is 5.32 Å². The van der Waals surface area contributed by atoms with Gasteiger partial charge >= 0.3 is 12.1 Å². The highest BCUT2D eigenvalue weighted by atomic mass is 35.5. The molecule has 0 bridgehead atoms. The van der Waals surface area contributed by atoms with E-state index in [1.165, 1.54) is 27.4 Å². The van der Waals surface area contributed by atoms with Crippen LogP contribution in [0.15, 0.2) is 42.6 Å². The summed E-state index contributed by atoms with van der Waals surface area (Å²) in [5.41, 5.74) is 0.612. The van der Waals surface area contributed by atoms with Crippen LogP contribution in [0, 0.1) is 11.8 Å². The highest BCUT2D eigenvalue weighted by Gasteiger charge is 2.54. The maximum atomic E-state index is 12.3. The van der Waals surface area contributed by atoms with E-state index in [1.54, 1.807) is 13.2 Å². The molecule has 2 N–H and O–H groups in total. The standard InChI is InChI=1S/C24H18ClN3O4S2/c1-28-20(27-23(31)32-13-14-5-3-2-4-6-14)15(12-26-28)7-8-16-11-17-18(25)19(34-21(17)33-16)24(9-10-24)22(29)30/h2-6,11-12H,9-10,13H2,1H3,(H,27,31)(H,29,30). The molecule has 10 heteroatoms. The number of aryl methyl sites for hydroxylation is 1. The molecule has 0 saturated heterocycles. The molecule has 0 unspecified atom stereocenters. The third-order valence-electron chi connectivity index (χ3n) is 5.61. The minimum atomic E-state index is -0.822. The van der Waals surface area contributed by atoms with Gasteiger partial charge in [0.1, 0.15) is 17.8 Å². The number of nitrogens with one attached hydrogen (secondary N) is 1. The topological polar surface area (TPSA) is 93.5 Å². The van der Waals surface area contributed by atoms with Gasteiger partial charge in [-0.2, -0.15) is 5.10 Å². The van der Waals surface area contributed by atoms with Crippen molar-refractivity contribution in [3.8, 4) is 11.8 Å². The predicted octanol–water partition coefficient (Wildman–Crippen LogP) is 5.61. The molecule has 1 saturated carbocycles. The van der Waals surface area contributed by atoms with Crippen molar-refractivity contribution in [2.75, 3.05) is 5.32 Å². The van der Waals surface area contributed by atoms with Gasteiger partial charge in [-0.25, -0.2) is 4.79 Å². The molecule has 1 aliphatic rings. The Bertz CT molecular complexity index is 1470. The van der Waals surface area contributed by atoms with Crippen LogP contribution in [0.25, 0.3) is 9.40 Å². The molecule has 7 nitrogen and oxygen atoms in total. The Morgan fingerprint density at radius 1 is 1.26 bits per heavy atom. The van der Waals surface area contributed by atoms with Crippen molar-refractivity contribution in [3.63, 3.8) is 0 Å². The summed E-state index contributed by atoms with van der Waals surface area (Å²) in [4.78, 5) is 25.5. The first-order valence-corrected chi connectivity index (χ1v) is 12.4. The van der Waals surface area contributed by atoms with Gasteiger partial charge in [-0.3, -0.25) is 14.8 Å². The van der Waals surface area contributed by atoms with E-state index in [1.807, 2.05) is 36.4 Å². The average Bonchev–Trinajstić information content (AvgIpc) is 3.31. The quantitative estimate of drug-likeness (QED) is 0.339. The third kappa shape index (κ3) is 4.16. The molecule has 3 aromatic heterocycles. The van der Waals surface area contributed by atoms with Gasteiger partial charge in [-0.05, 0) is 24.5 Å². The zero-order chi connectivity index (χ0) is 23.9. The molecule has 0 aliphatic heterocycles. The van der Waals surface area contributed by atoms with Crippen molar-refractivity contribution in [2.24, 2.45) is 7.05 Å². The fourth-order valence-electron chi connectivity index (χ4n) is 3.56. The lowest BCUT2D eigenvalue weighted by Gasteiger charge is -2.07. The lowest BCUT2D eigenvalue weighted by Crippen LogP contribution is -2.18. The van der Waals surface area contributed by atoms with Gasteiger partial charge in [0.2, 0.25) is 0 Å². The second-order valence-corrected chi connectivity index (χ2v) is 10.6. The molecule has 1 fully saturated rings. The molecule has 0 spiro atoms. The van der Waals surface area contributed by atoms with E-state index in [0.717, 1.165) is 24.7 Å². The summed E-state index contributed by atoms with van der Waals surface area (Å²) >= 11 is 9.45. The second-order valence-electron chi connectivity index (χ2n) is 7.91. The number of aromatic nitrogens is 2. The number of hydrogen-bond acceptors (Lipinski definition) is 6. The average molecular weight is 512 g/mol. The number of aliphatic carboxylic acids is 1. The Kier molecular flexibility index (Phi) is 5.81. The number of carbonyl (C=O) groups excluding carboxylic acids is 1. The van der Waals surface area contributed by atoms with Crippen LogP contribution in [-0.4, -0.2) is 26.9 Å². The highest BCUT2D eigenvalue weighted by molar-refractivity contribution is 7.39. The number of thiophene rings is 2. The van der Waals surface area contributed by atoms with E-state index < -0.39 is 17.5 Å². The van der Waals surface area contributed by atoms with Crippen molar-refractivity contribution in [2.45, 2.75) is 24.9 Å². The molecule has 172 valence electrons. The number of nitrogens with zero attached hydrogens (tertiary/aromatic N) is 2. The second kappa shape index (κ2) is 8.80. The number of benzene rings is 1. The van der Waals surface area contributed by atoms with Crippen LogP contribution in [0.5, 0.6) is 0 Å². The van der Waals surface area contributed by atoms with Crippen LogP contribution in [0.4, 0.5) is 10.6 Å². The summed E-state index contributed by atoms with van der Waals surface area (Å²) in [5.74, 6) is 5.76. The van der Waals surface area contributed by atoms with Gasteiger partial charge in [-0.1, -0.05) is 53.8 Å². The summed E-state index contributed by atoms with van der Waals surface area (Å²) in [5, 5.41) is 17.8. The minimum Gasteiger partial charge on any atom is -0.481 e. The summed E-state index contributed by atoms with van der Waals surface area (Å²) in [6, 6.07) is 11.3. The molecular formula is C24H18ClN3O4S2. The molecule has 3 heterocycles. The summed E-state index contributed by atoms with van der Waals surface area (Å²) in [6.45, 7) is 0.156. The lowest BCUT2D eigenvalue weighted by molar-refractivity contribution is -0.139. The molecule has 0 radical (unpaired) electrons. The number of halogens is 1. The van der Waals surface area contributed by atoms with Gasteiger partial charge < -0.3 is 9.84 Å². The predicted molar refractivity (Wildman–Crippen MR) is 133 cm³/mol. The van der Waals surface area contributed by atoms with Crippen molar-refractivity contribution in [1.82, 2.24) is 9.78 Å². The third-order valence-corrected chi connectivity index (χ3v) is 8.67. The van der Waals surface area contributed by atoms with Crippen molar-refractivity contribution in [1.29, 1.82) is 0 Å². The fraction of sp³-hybridized carbons (Fsp3) is 0.208. The molecule has 1 aliphatic carbocycles. The normalized spacial score (nSPS) is 13.8. The summed E-state index contributed by atoms with van der Waals surface area (Å²) in [7, 11) is 1.70. The van der Waals surface area contributed by atoms with Crippen LogP contribution in [-0.2, 0) is 28.6 Å². The van der Waals surface area contributed by atoms with E-state index >= 15 is 0 Å². The SMILES string of the molecule is Cn1ncc(C#Cc2cc3c(Cl)c(C4(C(=O)O)CC4)sc3s2)c1NC(=O)OCc1ccccc1. The van der Waals surface area contributed by atoms with Crippen molar-refractivity contribution < 1.29 is 19.4 Å². The van der Waals surface area contributed by atoms with Gasteiger partial charge in [-0.15, -0.1) is 22.7 Å². The van der Waals surface area contributed by atoms with Gasteiger partial charge in [0, 0.05) is 17.3 Å². The Hall–Kier alpha value is -3.32. The number of hydrogen-bond donors (Lipinski definition) is 2. The van der Waals surface area contributed by atoms with Crippen LogP contribution in [0.3, 0.4) is 0 Å². The van der Waals surface area contributed by atoms with Crippen molar-refractivity contribution >= 4 is 61.6 Å². The molecule has 4 aromatic rings. The number of rotatable bonds is 5. The van der Waals surface area contributed by atoms with Gasteiger partial charge in [0.05, 0.1) is 25.7 Å². The number of carboxylic acids is 1. The number of carbonyl (C=O) groups is 2. The number of carboxylic acid groups (broad SMARTS) is 1. The largest absolute Gasteiger partial charge is 0.481 e. The summed E-state index contributed by atoms with van der Waals surface area (Å²) in [6.07, 6.45) is 2.21. The van der Waals surface area contributed by atoms with Gasteiger partial charge in [0.15, 0.2) is 0 Å². The molecule has 1 aromatic carbocycles. The van der Waals surface area contributed by atoms with Crippen LogP contribution >= 0.6 is 34.3 Å². The first kappa shape index (κ1) is 22.5. The fourth-order valence-corrected chi connectivity index (χ4v) is 6.69.